The summed E-state index contributed by atoms with van der Waals surface area (Å²) in [6.07, 6.45) is 1.82. The number of hydrogen-bond donors (Lipinski definition) is 1. The number of ether oxygens (including phenoxy) is 2. The van der Waals surface area contributed by atoms with Gasteiger partial charge in [0.1, 0.15) is 0 Å². The topological polar surface area (TPSA) is 108 Å². The Morgan fingerprint density at radius 2 is 2.26 bits per heavy atom. The van der Waals surface area contributed by atoms with Gasteiger partial charge in [0.05, 0.1) is 21.6 Å². The molecular formula is C14H15ClN2O6. The molecule has 23 heavy (non-hydrogen) atoms. The number of hydrogen-bond acceptors (Lipinski definition) is 6. The summed E-state index contributed by atoms with van der Waals surface area (Å²) in [6, 6.07) is 3.41. The number of carbonyl (C=O) groups excluding carboxylic acids is 2. The Morgan fingerprint density at radius 1 is 1.48 bits per heavy atom. The van der Waals surface area contributed by atoms with Crippen molar-refractivity contribution in [3.8, 4) is 0 Å². The van der Waals surface area contributed by atoms with E-state index in [0.717, 1.165) is 18.9 Å². The highest BCUT2D eigenvalue weighted by molar-refractivity contribution is 6.33. The molecule has 9 heteroatoms. The van der Waals surface area contributed by atoms with Gasteiger partial charge < -0.3 is 14.8 Å². The number of nitrogens with one attached hydrogen (secondary N) is 1. The lowest BCUT2D eigenvalue weighted by Gasteiger charge is -2.11. The molecule has 1 N–H and O–H groups in total. The van der Waals surface area contributed by atoms with Gasteiger partial charge in [-0.25, -0.2) is 4.79 Å². The zero-order valence-electron chi connectivity index (χ0n) is 12.1. The molecule has 2 rings (SSSR count). The van der Waals surface area contributed by atoms with E-state index in [2.05, 4.69) is 5.32 Å². The highest BCUT2D eigenvalue weighted by Crippen LogP contribution is 2.22. The number of halogens is 1. The number of nitrogens with zero attached hydrogens (tertiary/aromatic N) is 1. The summed E-state index contributed by atoms with van der Waals surface area (Å²) in [5.74, 6) is -1.37. The predicted octanol–water partition coefficient (Wildman–Crippen LogP) is 1.70. The quantitative estimate of drug-likeness (QED) is 0.479. The third-order valence-corrected chi connectivity index (χ3v) is 3.60. The standard InChI is InChI=1S/C14H15ClN2O6/c15-12-4-3-9(17(20)21)6-11(12)14(19)23-8-13(18)16-7-10-2-1-5-22-10/h3-4,6,10H,1-2,5,7-8H2,(H,16,18)/t10-/m1/s1. The van der Waals surface area contributed by atoms with Crippen molar-refractivity contribution in [1.82, 2.24) is 5.32 Å². The number of nitro benzene ring substituents is 1. The second-order valence-electron chi connectivity index (χ2n) is 4.94. The molecule has 0 aromatic heterocycles. The predicted molar refractivity (Wildman–Crippen MR) is 80.4 cm³/mol. The van der Waals surface area contributed by atoms with Crippen LogP contribution in [0.4, 0.5) is 5.69 Å². The molecule has 0 aliphatic carbocycles. The number of nitro groups is 1. The molecule has 0 unspecified atom stereocenters. The van der Waals surface area contributed by atoms with Crippen LogP contribution in [0.25, 0.3) is 0 Å². The van der Waals surface area contributed by atoms with Crippen LogP contribution in [0.5, 0.6) is 0 Å². The molecule has 1 fully saturated rings. The smallest absolute Gasteiger partial charge is 0.340 e. The minimum Gasteiger partial charge on any atom is -0.452 e. The van der Waals surface area contributed by atoms with Crippen LogP contribution < -0.4 is 5.32 Å². The molecule has 1 saturated heterocycles. The molecule has 8 nitrogen and oxygen atoms in total. The fourth-order valence-electron chi connectivity index (χ4n) is 2.08. The first-order chi connectivity index (χ1) is 11.0. The van der Waals surface area contributed by atoms with E-state index in [1.54, 1.807) is 0 Å². The summed E-state index contributed by atoms with van der Waals surface area (Å²) in [5.41, 5.74) is -0.447. The maximum absolute atomic E-state index is 11.9. The maximum atomic E-state index is 11.9. The van der Waals surface area contributed by atoms with Crippen LogP contribution >= 0.6 is 11.6 Å². The molecule has 1 aromatic carbocycles. The van der Waals surface area contributed by atoms with Crippen LogP contribution in [0.1, 0.15) is 23.2 Å². The van der Waals surface area contributed by atoms with Crippen molar-refractivity contribution in [2.75, 3.05) is 19.8 Å². The minimum absolute atomic E-state index is 0.0131. The summed E-state index contributed by atoms with van der Waals surface area (Å²) < 4.78 is 10.2. The SMILES string of the molecule is O=C(COC(=O)c1cc([N+](=O)[O-])ccc1Cl)NC[C@H]1CCCO1. The lowest BCUT2D eigenvalue weighted by Crippen LogP contribution is -2.34. The number of benzene rings is 1. The van der Waals surface area contributed by atoms with Crippen LogP contribution in [0.3, 0.4) is 0 Å². The minimum atomic E-state index is -0.897. The lowest BCUT2D eigenvalue weighted by atomic mass is 10.2. The molecule has 1 aliphatic heterocycles. The molecular weight excluding hydrogens is 328 g/mol. The fourth-order valence-corrected chi connectivity index (χ4v) is 2.27. The van der Waals surface area contributed by atoms with Gasteiger partial charge in [-0.3, -0.25) is 14.9 Å². The molecule has 1 atom stereocenters. The Kier molecular flexibility index (Phi) is 5.89. The largest absolute Gasteiger partial charge is 0.452 e. The monoisotopic (exact) mass is 342 g/mol. The Bertz CT molecular complexity index is 615. The summed E-state index contributed by atoms with van der Waals surface area (Å²) >= 11 is 5.82. The van der Waals surface area contributed by atoms with Crippen LogP contribution in [-0.4, -0.2) is 42.7 Å². The molecule has 124 valence electrons. The Hall–Kier alpha value is -2.19. The maximum Gasteiger partial charge on any atom is 0.340 e. The number of esters is 1. The van der Waals surface area contributed by atoms with Gasteiger partial charge >= 0.3 is 5.97 Å². The van der Waals surface area contributed by atoms with Gasteiger partial charge in [-0.15, -0.1) is 0 Å². The summed E-state index contributed by atoms with van der Waals surface area (Å²) in [4.78, 5) is 33.5. The van der Waals surface area contributed by atoms with E-state index in [9.17, 15) is 19.7 Å². The number of non-ortho nitro benzene ring substituents is 1. The highest BCUT2D eigenvalue weighted by atomic mass is 35.5. The third kappa shape index (κ3) is 4.90. The van der Waals surface area contributed by atoms with Gasteiger partial charge in [-0.05, 0) is 18.9 Å². The zero-order chi connectivity index (χ0) is 16.8. The number of rotatable bonds is 6. The van der Waals surface area contributed by atoms with E-state index < -0.39 is 23.4 Å². The van der Waals surface area contributed by atoms with Crippen LogP contribution in [0, 0.1) is 10.1 Å². The average molecular weight is 343 g/mol. The molecule has 0 radical (unpaired) electrons. The van der Waals surface area contributed by atoms with E-state index in [4.69, 9.17) is 21.1 Å². The average Bonchev–Trinajstić information content (AvgIpc) is 3.04. The lowest BCUT2D eigenvalue weighted by molar-refractivity contribution is -0.384. The molecule has 0 saturated carbocycles. The summed E-state index contributed by atoms with van der Waals surface area (Å²) in [6.45, 7) is 0.541. The van der Waals surface area contributed by atoms with Crippen molar-refractivity contribution >= 4 is 29.2 Å². The fraction of sp³-hybridized carbons (Fsp3) is 0.429. The number of carbonyl (C=O) groups is 2. The van der Waals surface area contributed by atoms with E-state index in [1.807, 2.05) is 0 Å². The van der Waals surface area contributed by atoms with E-state index >= 15 is 0 Å². The normalized spacial score (nSPS) is 16.8. The molecule has 1 amide bonds. The van der Waals surface area contributed by atoms with Gasteiger partial charge in [0, 0.05) is 25.3 Å². The van der Waals surface area contributed by atoms with E-state index in [-0.39, 0.29) is 22.4 Å². The van der Waals surface area contributed by atoms with Crippen LogP contribution in [-0.2, 0) is 14.3 Å². The van der Waals surface area contributed by atoms with Crippen molar-refractivity contribution in [2.45, 2.75) is 18.9 Å². The van der Waals surface area contributed by atoms with Crippen LogP contribution in [0.15, 0.2) is 18.2 Å². The molecule has 1 aliphatic rings. The molecule has 1 aromatic rings. The van der Waals surface area contributed by atoms with E-state index in [0.29, 0.717) is 13.2 Å². The second kappa shape index (κ2) is 7.89. The van der Waals surface area contributed by atoms with Crippen molar-refractivity contribution < 1.29 is 24.0 Å². The van der Waals surface area contributed by atoms with Gasteiger partial charge in [0.15, 0.2) is 6.61 Å². The van der Waals surface area contributed by atoms with Gasteiger partial charge in [0.2, 0.25) is 0 Å². The van der Waals surface area contributed by atoms with E-state index in [1.165, 1.54) is 12.1 Å². The van der Waals surface area contributed by atoms with Crippen molar-refractivity contribution in [3.05, 3.63) is 38.9 Å². The Morgan fingerprint density at radius 3 is 2.91 bits per heavy atom. The third-order valence-electron chi connectivity index (χ3n) is 3.27. The van der Waals surface area contributed by atoms with Crippen molar-refractivity contribution in [2.24, 2.45) is 0 Å². The first kappa shape index (κ1) is 17.2. The van der Waals surface area contributed by atoms with Crippen molar-refractivity contribution in [3.63, 3.8) is 0 Å². The van der Waals surface area contributed by atoms with Gasteiger partial charge in [0.25, 0.3) is 11.6 Å². The second-order valence-corrected chi connectivity index (χ2v) is 5.34. The van der Waals surface area contributed by atoms with Gasteiger partial charge in [-0.2, -0.15) is 0 Å². The Labute approximate surface area is 136 Å². The Balaban J connectivity index is 1.85. The highest BCUT2D eigenvalue weighted by Gasteiger charge is 2.19. The summed E-state index contributed by atoms with van der Waals surface area (Å²) in [5, 5.41) is 13.3. The molecule has 0 bridgehead atoms. The summed E-state index contributed by atoms with van der Waals surface area (Å²) in [7, 11) is 0. The number of amides is 1. The first-order valence-corrected chi connectivity index (χ1v) is 7.34. The molecule has 1 heterocycles. The van der Waals surface area contributed by atoms with Gasteiger partial charge in [-0.1, -0.05) is 11.6 Å². The first-order valence-electron chi connectivity index (χ1n) is 6.96. The van der Waals surface area contributed by atoms with Crippen molar-refractivity contribution in [1.29, 1.82) is 0 Å². The molecule has 0 spiro atoms. The zero-order valence-corrected chi connectivity index (χ0v) is 12.9. The van der Waals surface area contributed by atoms with Crippen LogP contribution in [0.2, 0.25) is 5.02 Å².